The smallest absolute Gasteiger partial charge is 0.251 e. The zero-order valence-corrected chi connectivity index (χ0v) is 14.8. The van der Waals surface area contributed by atoms with Gasteiger partial charge in [-0.1, -0.05) is 29.5 Å². The van der Waals surface area contributed by atoms with Crippen molar-refractivity contribution in [2.45, 2.75) is 38.5 Å². The van der Waals surface area contributed by atoms with Crippen molar-refractivity contribution in [1.29, 1.82) is 0 Å². The zero-order chi connectivity index (χ0) is 17.7. The predicted molar refractivity (Wildman–Crippen MR) is 92.7 cm³/mol. The maximum atomic E-state index is 12.4. The van der Waals surface area contributed by atoms with Crippen molar-refractivity contribution in [3.05, 3.63) is 41.2 Å². The van der Waals surface area contributed by atoms with Gasteiger partial charge in [-0.05, 0) is 32.9 Å². The molecule has 0 bridgehead atoms. The van der Waals surface area contributed by atoms with Crippen molar-refractivity contribution in [2.24, 2.45) is 5.73 Å². The zero-order valence-electron chi connectivity index (χ0n) is 13.9. The number of nitrogens with two attached hydrogens (primary N) is 1. The number of benzene rings is 1. The van der Waals surface area contributed by atoms with Gasteiger partial charge in [0.1, 0.15) is 0 Å². The molecule has 0 aliphatic rings. The summed E-state index contributed by atoms with van der Waals surface area (Å²) < 4.78 is 1.87. The summed E-state index contributed by atoms with van der Waals surface area (Å²) in [6.07, 6.45) is 0. The number of hydrogen-bond donors (Lipinski definition) is 2. The standard InChI is InChI=1S/C16H21N5O2S/c1-4-21-14(19-20-16(21)24-9-13(17)22)11(3)18-15(23)12-7-5-6-10(2)8-12/h5-8,11H,4,9H2,1-3H3,(H2,17,22)(H,18,23)/t11-/m1/s1. The van der Waals surface area contributed by atoms with Gasteiger partial charge in [-0.2, -0.15) is 0 Å². The number of aromatic nitrogens is 3. The van der Waals surface area contributed by atoms with Crippen molar-refractivity contribution in [3.8, 4) is 0 Å². The van der Waals surface area contributed by atoms with Crippen LogP contribution in [0.15, 0.2) is 29.4 Å². The molecular weight excluding hydrogens is 326 g/mol. The van der Waals surface area contributed by atoms with Crippen molar-refractivity contribution < 1.29 is 9.59 Å². The lowest BCUT2D eigenvalue weighted by Gasteiger charge is -2.15. The summed E-state index contributed by atoms with van der Waals surface area (Å²) >= 11 is 1.24. The van der Waals surface area contributed by atoms with Crippen LogP contribution in [-0.2, 0) is 11.3 Å². The van der Waals surface area contributed by atoms with Gasteiger partial charge in [-0.25, -0.2) is 0 Å². The van der Waals surface area contributed by atoms with E-state index in [1.165, 1.54) is 11.8 Å². The van der Waals surface area contributed by atoms with E-state index in [1.54, 1.807) is 6.07 Å². The first-order valence-electron chi connectivity index (χ1n) is 7.64. The first kappa shape index (κ1) is 18.0. The first-order valence-corrected chi connectivity index (χ1v) is 8.62. The highest BCUT2D eigenvalue weighted by molar-refractivity contribution is 7.99. The molecule has 0 aliphatic heterocycles. The molecule has 0 fully saturated rings. The molecule has 2 amide bonds. The minimum Gasteiger partial charge on any atom is -0.369 e. The van der Waals surface area contributed by atoms with Crippen LogP contribution in [-0.4, -0.2) is 32.3 Å². The number of nitrogens with one attached hydrogen (secondary N) is 1. The molecule has 0 saturated carbocycles. The van der Waals surface area contributed by atoms with Crippen molar-refractivity contribution in [3.63, 3.8) is 0 Å². The van der Waals surface area contributed by atoms with E-state index in [-0.39, 0.29) is 17.7 Å². The topological polar surface area (TPSA) is 103 Å². The highest BCUT2D eigenvalue weighted by Crippen LogP contribution is 2.20. The van der Waals surface area contributed by atoms with Gasteiger partial charge >= 0.3 is 0 Å². The average molecular weight is 347 g/mol. The maximum absolute atomic E-state index is 12.4. The summed E-state index contributed by atoms with van der Waals surface area (Å²) in [4.78, 5) is 23.3. The van der Waals surface area contributed by atoms with E-state index < -0.39 is 5.91 Å². The summed E-state index contributed by atoms with van der Waals surface area (Å²) in [5.74, 6) is 0.212. The Bertz CT molecular complexity index is 744. The SMILES string of the molecule is CCn1c(SCC(N)=O)nnc1[C@@H](C)NC(=O)c1cccc(C)c1. The van der Waals surface area contributed by atoms with Gasteiger partial charge in [-0.15, -0.1) is 10.2 Å². The third-order valence-corrected chi connectivity index (χ3v) is 4.41. The third-order valence-electron chi connectivity index (χ3n) is 3.42. The molecule has 2 rings (SSSR count). The Morgan fingerprint density at radius 2 is 2.12 bits per heavy atom. The molecule has 3 N–H and O–H groups in total. The molecule has 1 aromatic carbocycles. The summed E-state index contributed by atoms with van der Waals surface area (Å²) in [6, 6.07) is 7.08. The Balaban J connectivity index is 2.13. The fourth-order valence-electron chi connectivity index (χ4n) is 2.29. The molecular formula is C16H21N5O2S. The van der Waals surface area contributed by atoms with Crippen LogP contribution in [0.1, 0.15) is 41.6 Å². The molecule has 0 saturated heterocycles. The second kappa shape index (κ2) is 7.96. The van der Waals surface area contributed by atoms with Gasteiger partial charge in [-0.3, -0.25) is 9.59 Å². The summed E-state index contributed by atoms with van der Waals surface area (Å²) in [7, 11) is 0. The van der Waals surface area contributed by atoms with Gasteiger partial charge in [0.2, 0.25) is 5.91 Å². The van der Waals surface area contributed by atoms with Crippen LogP contribution in [0.5, 0.6) is 0 Å². The van der Waals surface area contributed by atoms with E-state index in [1.807, 2.05) is 43.5 Å². The molecule has 2 aromatic rings. The Morgan fingerprint density at radius 3 is 2.75 bits per heavy atom. The normalized spacial score (nSPS) is 12.0. The van der Waals surface area contributed by atoms with Gasteiger partial charge in [0, 0.05) is 12.1 Å². The Labute approximate surface area is 145 Å². The third kappa shape index (κ3) is 4.35. The summed E-state index contributed by atoms with van der Waals surface area (Å²) in [5.41, 5.74) is 6.80. The number of thioether (sulfide) groups is 1. The van der Waals surface area contributed by atoms with E-state index in [2.05, 4.69) is 15.5 Å². The van der Waals surface area contributed by atoms with E-state index in [9.17, 15) is 9.59 Å². The van der Waals surface area contributed by atoms with Crippen LogP contribution in [0.25, 0.3) is 0 Å². The highest BCUT2D eigenvalue weighted by Gasteiger charge is 2.19. The molecule has 7 nitrogen and oxygen atoms in total. The van der Waals surface area contributed by atoms with Gasteiger partial charge in [0.05, 0.1) is 11.8 Å². The molecule has 0 aliphatic carbocycles. The predicted octanol–water partition coefficient (Wildman–Crippen LogP) is 1.67. The minimum absolute atomic E-state index is 0.141. The second-order valence-electron chi connectivity index (χ2n) is 5.40. The van der Waals surface area contributed by atoms with Gasteiger partial charge in [0.15, 0.2) is 11.0 Å². The monoisotopic (exact) mass is 347 g/mol. The largest absolute Gasteiger partial charge is 0.369 e. The molecule has 0 spiro atoms. The highest BCUT2D eigenvalue weighted by atomic mass is 32.2. The van der Waals surface area contributed by atoms with Crippen molar-refractivity contribution >= 4 is 23.6 Å². The number of carbonyl (C=O) groups is 2. The first-order chi connectivity index (χ1) is 11.4. The van der Waals surface area contributed by atoms with E-state index in [0.717, 1.165) is 5.56 Å². The molecule has 1 aromatic heterocycles. The Kier molecular flexibility index (Phi) is 5.97. The molecule has 24 heavy (non-hydrogen) atoms. The van der Waals surface area contributed by atoms with E-state index >= 15 is 0 Å². The lowest BCUT2D eigenvalue weighted by Crippen LogP contribution is -2.28. The van der Waals surface area contributed by atoms with Gasteiger partial charge < -0.3 is 15.6 Å². The van der Waals surface area contributed by atoms with Crippen LogP contribution in [0.2, 0.25) is 0 Å². The number of nitrogens with zero attached hydrogens (tertiary/aromatic N) is 3. The second-order valence-corrected chi connectivity index (χ2v) is 6.35. The minimum atomic E-state index is -0.409. The van der Waals surface area contributed by atoms with Crippen LogP contribution in [0.3, 0.4) is 0 Å². The van der Waals surface area contributed by atoms with E-state index in [4.69, 9.17) is 5.73 Å². The lowest BCUT2D eigenvalue weighted by atomic mass is 10.1. The number of rotatable bonds is 7. The molecule has 8 heteroatoms. The van der Waals surface area contributed by atoms with E-state index in [0.29, 0.717) is 23.1 Å². The molecule has 0 radical (unpaired) electrons. The summed E-state index contributed by atoms with van der Waals surface area (Å²) in [5, 5.41) is 11.8. The van der Waals surface area contributed by atoms with Crippen molar-refractivity contribution in [1.82, 2.24) is 20.1 Å². The van der Waals surface area contributed by atoms with Crippen molar-refractivity contribution in [2.75, 3.05) is 5.75 Å². The lowest BCUT2D eigenvalue weighted by molar-refractivity contribution is -0.115. The molecule has 128 valence electrons. The van der Waals surface area contributed by atoms with Crippen LogP contribution >= 0.6 is 11.8 Å². The molecule has 0 unspecified atom stereocenters. The Hall–Kier alpha value is -2.35. The summed E-state index contributed by atoms with van der Waals surface area (Å²) in [6.45, 7) is 6.38. The van der Waals surface area contributed by atoms with Crippen LogP contribution < -0.4 is 11.1 Å². The number of hydrogen-bond acceptors (Lipinski definition) is 5. The Morgan fingerprint density at radius 1 is 1.38 bits per heavy atom. The fourth-order valence-corrected chi connectivity index (χ4v) is 3.04. The number of amides is 2. The number of primary amides is 1. The number of aryl methyl sites for hydroxylation is 1. The van der Waals surface area contributed by atoms with Gasteiger partial charge in [0.25, 0.3) is 5.91 Å². The molecule has 1 heterocycles. The fraction of sp³-hybridized carbons (Fsp3) is 0.375. The maximum Gasteiger partial charge on any atom is 0.251 e. The van der Waals surface area contributed by atoms with Crippen LogP contribution in [0.4, 0.5) is 0 Å². The molecule has 1 atom stereocenters. The quantitative estimate of drug-likeness (QED) is 0.742. The average Bonchev–Trinajstić information content (AvgIpc) is 2.95. The number of carbonyl (C=O) groups excluding carboxylic acids is 2. The van der Waals surface area contributed by atoms with Crippen LogP contribution in [0, 0.1) is 6.92 Å².